The molecule has 1 N–H and O–H groups in total. The summed E-state index contributed by atoms with van der Waals surface area (Å²) in [7, 11) is 1.49. The number of nitrogens with one attached hydrogen (secondary N) is 1. The Morgan fingerprint density at radius 1 is 1.46 bits per heavy atom. The van der Waals surface area contributed by atoms with Crippen LogP contribution in [0.1, 0.15) is 0 Å². The van der Waals surface area contributed by atoms with Crippen LogP contribution in [0.3, 0.4) is 0 Å². The van der Waals surface area contributed by atoms with Crippen LogP contribution in [0, 0.1) is 5.82 Å². The van der Waals surface area contributed by atoms with E-state index in [1.807, 2.05) is 0 Å². The molecule has 4 heteroatoms. The lowest BCUT2D eigenvalue weighted by molar-refractivity contribution is 0.412. The molecular weight excluding hydrogens is 193 g/mol. The maximum atomic E-state index is 13.3. The molecule has 0 aliphatic rings. The van der Waals surface area contributed by atoms with E-state index in [-0.39, 0.29) is 5.82 Å². The second kappa shape index (κ2) is 2.92. The van der Waals surface area contributed by atoms with Crippen molar-refractivity contribution in [1.29, 1.82) is 0 Å². The molecule has 0 fully saturated rings. The predicted molar refractivity (Wildman–Crippen MR) is 49.8 cm³/mol. The van der Waals surface area contributed by atoms with E-state index in [0.717, 1.165) is 0 Å². The summed E-state index contributed by atoms with van der Waals surface area (Å²) >= 11 is 5.82. The van der Waals surface area contributed by atoms with E-state index in [9.17, 15) is 4.39 Å². The van der Waals surface area contributed by atoms with Crippen molar-refractivity contribution in [3.8, 4) is 5.75 Å². The molecule has 2 rings (SSSR count). The monoisotopic (exact) mass is 199 g/mol. The van der Waals surface area contributed by atoms with E-state index in [4.69, 9.17) is 16.3 Å². The SMILES string of the molecule is COc1cc(F)c2[nH]cc(Cl)c2c1. The van der Waals surface area contributed by atoms with E-state index in [2.05, 4.69) is 4.98 Å². The molecule has 1 aromatic heterocycles. The fourth-order valence-corrected chi connectivity index (χ4v) is 1.45. The van der Waals surface area contributed by atoms with Gasteiger partial charge in [-0.15, -0.1) is 0 Å². The van der Waals surface area contributed by atoms with Crippen LogP contribution in [-0.4, -0.2) is 12.1 Å². The molecule has 2 aromatic rings. The first-order valence-electron chi connectivity index (χ1n) is 3.72. The normalized spacial score (nSPS) is 10.7. The predicted octanol–water partition coefficient (Wildman–Crippen LogP) is 2.97. The molecule has 0 aliphatic heterocycles. The van der Waals surface area contributed by atoms with Gasteiger partial charge in [0.1, 0.15) is 5.75 Å². The van der Waals surface area contributed by atoms with E-state index in [1.54, 1.807) is 12.3 Å². The second-order valence-electron chi connectivity index (χ2n) is 2.67. The lowest BCUT2D eigenvalue weighted by Gasteiger charge is -2.00. The van der Waals surface area contributed by atoms with Gasteiger partial charge in [-0.3, -0.25) is 0 Å². The van der Waals surface area contributed by atoms with E-state index >= 15 is 0 Å². The van der Waals surface area contributed by atoms with Crippen molar-refractivity contribution < 1.29 is 9.13 Å². The summed E-state index contributed by atoms with van der Waals surface area (Å²) in [6.07, 6.45) is 1.55. The Labute approximate surface area is 79.3 Å². The van der Waals surface area contributed by atoms with E-state index in [1.165, 1.54) is 13.2 Å². The first-order valence-corrected chi connectivity index (χ1v) is 4.10. The lowest BCUT2D eigenvalue weighted by Crippen LogP contribution is -1.85. The molecule has 0 unspecified atom stereocenters. The number of benzene rings is 1. The number of aromatic amines is 1. The Morgan fingerprint density at radius 3 is 2.92 bits per heavy atom. The fourth-order valence-electron chi connectivity index (χ4n) is 1.25. The zero-order valence-corrected chi connectivity index (χ0v) is 7.65. The molecule has 0 aliphatic carbocycles. The fraction of sp³-hybridized carbons (Fsp3) is 0.111. The van der Waals surface area contributed by atoms with Crippen molar-refractivity contribution in [3.05, 3.63) is 29.2 Å². The average Bonchev–Trinajstić information content (AvgIpc) is 2.48. The van der Waals surface area contributed by atoms with Crippen molar-refractivity contribution in [2.45, 2.75) is 0 Å². The molecule has 0 saturated carbocycles. The maximum Gasteiger partial charge on any atom is 0.150 e. The molecule has 13 heavy (non-hydrogen) atoms. The molecule has 0 atom stereocenters. The van der Waals surface area contributed by atoms with Crippen LogP contribution in [0.25, 0.3) is 10.9 Å². The van der Waals surface area contributed by atoms with Crippen LogP contribution < -0.4 is 4.74 Å². The van der Waals surface area contributed by atoms with Crippen LogP contribution in [-0.2, 0) is 0 Å². The number of hydrogen-bond donors (Lipinski definition) is 1. The molecular formula is C9H7ClFNO. The zero-order chi connectivity index (χ0) is 9.42. The summed E-state index contributed by atoms with van der Waals surface area (Å²) < 4.78 is 18.2. The number of methoxy groups -OCH3 is 1. The number of rotatable bonds is 1. The topological polar surface area (TPSA) is 25.0 Å². The van der Waals surface area contributed by atoms with Crippen molar-refractivity contribution in [2.24, 2.45) is 0 Å². The van der Waals surface area contributed by atoms with Gasteiger partial charge in [0.25, 0.3) is 0 Å². The first-order chi connectivity index (χ1) is 6.22. The van der Waals surface area contributed by atoms with Gasteiger partial charge < -0.3 is 9.72 Å². The Bertz CT molecular complexity index is 452. The van der Waals surface area contributed by atoms with Crippen molar-refractivity contribution in [1.82, 2.24) is 4.98 Å². The first kappa shape index (κ1) is 8.38. The average molecular weight is 200 g/mol. The van der Waals surface area contributed by atoms with Gasteiger partial charge in [-0.1, -0.05) is 11.6 Å². The highest BCUT2D eigenvalue weighted by Crippen LogP contribution is 2.29. The highest BCUT2D eigenvalue weighted by atomic mass is 35.5. The summed E-state index contributed by atoms with van der Waals surface area (Å²) in [5, 5.41) is 1.13. The van der Waals surface area contributed by atoms with Crippen LogP contribution in [0.4, 0.5) is 4.39 Å². The quantitative estimate of drug-likeness (QED) is 0.751. The number of fused-ring (bicyclic) bond motifs is 1. The van der Waals surface area contributed by atoms with Gasteiger partial charge in [0.05, 0.1) is 17.6 Å². The molecule has 68 valence electrons. The van der Waals surface area contributed by atoms with E-state index < -0.39 is 0 Å². The number of ether oxygens (including phenoxy) is 1. The molecule has 0 radical (unpaired) electrons. The summed E-state index contributed by atoms with van der Waals surface area (Å²) in [6.45, 7) is 0. The Morgan fingerprint density at radius 2 is 2.23 bits per heavy atom. The van der Waals surface area contributed by atoms with Crippen LogP contribution in [0.2, 0.25) is 5.02 Å². The number of hydrogen-bond acceptors (Lipinski definition) is 1. The Balaban J connectivity index is 2.80. The third-order valence-corrected chi connectivity index (χ3v) is 2.21. The molecule has 0 bridgehead atoms. The van der Waals surface area contributed by atoms with Gasteiger partial charge in [0.2, 0.25) is 0 Å². The Kier molecular flexibility index (Phi) is 1.88. The van der Waals surface area contributed by atoms with Gasteiger partial charge in [0, 0.05) is 17.6 Å². The second-order valence-corrected chi connectivity index (χ2v) is 3.08. The highest BCUT2D eigenvalue weighted by molar-refractivity contribution is 6.35. The van der Waals surface area contributed by atoms with Crippen molar-refractivity contribution >= 4 is 22.5 Å². The van der Waals surface area contributed by atoms with Crippen molar-refractivity contribution in [3.63, 3.8) is 0 Å². The van der Waals surface area contributed by atoms with Crippen LogP contribution >= 0.6 is 11.6 Å². The zero-order valence-electron chi connectivity index (χ0n) is 6.90. The lowest BCUT2D eigenvalue weighted by atomic mass is 10.2. The van der Waals surface area contributed by atoms with Crippen molar-refractivity contribution in [2.75, 3.05) is 7.11 Å². The maximum absolute atomic E-state index is 13.3. The minimum atomic E-state index is -0.360. The minimum Gasteiger partial charge on any atom is -0.497 e. The molecule has 1 heterocycles. The van der Waals surface area contributed by atoms with Crippen LogP contribution in [0.15, 0.2) is 18.3 Å². The molecule has 0 saturated heterocycles. The Hall–Kier alpha value is -1.22. The standard InChI is InChI=1S/C9H7ClFNO/c1-13-5-2-6-7(10)4-12-9(6)8(11)3-5/h2-4,12H,1H3. The van der Waals surface area contributed by atoms with Gasteiger partial charge in [-0.05, 0) is 6.07 Å². The summed E-state index contributed by atoms with van der Waals surface area (Å²) in [5.74, 6) is 0.104. The highest BCUT2D eigenvalue weighted by Gasteiger charge is 2.08. The number of halogens is 2. The number of H-pyrrole nitrogens is 1. The van der Waals surface area contributed by atoms with E-state index in [0.29, 0.717) is 21.7 Å². The third-order valence-electron chi connectivity index (χ3n) is 1.90. The van der Waals surface area contributed by atoms with Gasteiger partial charge in [-0.2, -0.15) is 0 Å². The third kappa shape index (κ3) is 1.25. The number of aromatic nitrogens is 1. The summed E-state index contributed by atoms with van der Waals surface area (Å²) in [4.78, 5) is 2.74. The van der Waals surface area contributed by atoms with Gasteiger partial charge in [-0.25, -0.2) is 4.39 Å². The smallest absolute Gasteiger partial charge is 0.150 e. The minimum absolute atomic E-state index is 0.360. The molecule has 0 spiro atoms. The largest absolute Gasteiger partial charge is 0.497 e. The van der Waals surface area contributed by atoms with Crippen LogP contribution in [0.5, 0.6) is 5.75 Å². The van der Waals surface area contributed by atoms with Gasteiger partial charge >= 0.3 is 0 Å². The summed E-state index contributed by atoms with van der Waals surface area (Å²) in [6, 6.07) is 3.01. The molecule has 2 nitrogen and oxygen atoms in total. The molecule has 1 aromatic carbocycles. The summed E-state index contributed by atoms with van der Waals surface area (Å²) in [5.41, 5.74) is 0.408. The van der Waals surface area contributed by atoms with Gasteiger partial charge in [0.15, 0.2) is 5.82 Å². The molecule has 0 amide bonds.